The molecule has 1 aliphatic heterocycles. The lowest BCUT2D eigenvalue weighted by atomic mass is 10.1. The summed E-state index contributed by atoms with van der Waals surface area (Å²) in [5.41, 5.74) is 3.93. The SMILES string of the molecule is Cc1ccc(C(=O)N2CCN(c3ccccc3O)CC2)cc1C. The number of carbonyl (C=O) groups excluding carboxylic acids is 1. The van der Waals surface area contributed by atoms with Crippen LogP contribution in [0.25, 0.3) is 0 Å². The van der Waals surface area contributed by atoms with Gasteiger partial charge in [-0.25, -0.2) is 0 Å². The highest BCUT2D eigenvalue weighted by atomic mass is 16.3. The lowest BCUT2D eigenvalue weighted by Crippen LogP contribution is -2.48. The van der Waals surface area contributed by atoms with Crippen LogP contribution in [-0.2, 0) is 0 Å². The fourth-order valence-electron chi connectivity index (χ4n) is 2.94. The number of para-hydroxylation sites is 2. The number of benzene rings is 2. The summed E-state index contributed by atoms with van der Waals surface area (Å²) in [6.07, 6.45) is 0. The van der Waals surface area contributed by atoms with Gasteiger partial charge in [0.1, 0.15) is 5.75 Å². The van der Waals surface area contributed by atoms with Crippen molar-refractivity contribution in [1.29, 1.82) is 0 Å². The van der Waals surface area contributed by atoms with Crippen molar-refractivity contribution in [3.05, 3.63) is 59.2 Å². The van der Waals surface area contributed by atoms with Gasteiger partial charge in [-0.2, -0.15) is 0 Å². The number of carbonyl (C=O) groups is 1. The minimum Gasteiger partial charge on any atom is -0.506 e. The number of anilines is 1. The standard InChI is InChI=1S/C19H22N2O2/c1-14-7-8-16(13-15(14)2)19(23)21-11-9-20(10-12-21)17-5-3-4-6-18(17)22/h3-8,13,22H,9-12H2,1-2H3. The fraction of sp³-hybridized carbons (Fsp3) is 0.316. The number of piperazine rings is 1. The number of phenols is 1. The maximum absolute atomic E-state index is 12.6. The number of amides is 1. The highest BCUT2D eigenvalue weighted by Crippen LogP contribution is 2.27. The highest BCUT2D eigenvalue weighted by molar-refractivity contribution is 5.94. The van der Waals surface area contributed by atoms with E-state index in [0.717, 1.165) is 29.9 Å². The number of aromatic hydroxyl groups is 1. The third-order valence-corrected chi connectivity index (χ3v) is 4.54. The first-order chi connectivity index (χ1) is 11.1. The monoisotopic (exact) mass is 310 g/mol. The Morgan fingerprint density at radius 1 is 0.957 bits per heavy atom. The van der Waals surface area contributed by atoms with Crippen molar-refractivity contribution in [2.75, 3.05) is 31.1 Å². The van der Waals surface area contributed by atoms with Gasteiger partial charge in [-0.1, -0.05) is 18.2 Å². The molecule has 1 fully saturated rings. The molecule has 1 saturated heterocycles. The van der Waals surface area contributed by atoms with Crippen molar-refractivity contribution in [2.24, 2.45) is 0 Å². The number of nitrogens with zero attached hydrogens (tertiary/aromatic N) is 2. The molecular formula is C19H22N2O2. The fourth-order valence-corrected chi connectivity index (χ4v) is 2.94. The Labute approximate surface area is 137 Å². The molecule has 0 atom stereocenters. The number of phenolic OH excluding ortho intramolecular Hbond substituents is 1. The Balaban J connectivity index is 1.68. The molecule has 0 saturated carbocycles. The zero-order valence-corrected chi connectivity index (χ0v) is 13.6. The molecule has 4 heteroatoms. The van der Waals surface area contributed by atoms with Gasteiger partial charge in [0.25, 0.3) is 5.91 Å². The molecule has 0 aliphatic carbocycles. The summed E-state index contributed by atoms with van der Waals surface area (Å²) < 4.78 is 0. The second-order valence-electron chi connectivity index (χ2n) is 6.07. The van der Waals surface area contributed by atoms with Gasteiger partial charge >= 0.3 is 0 Å². The van der Waals surface area contributed by atoms with Gasteiger partial charge < -0.3 is 14.9 Å². The number of rotatable bonds is 2. The van der Waals surface area contributed by atoms with Gasteiger partial charge in [0, 0.05) is 31.7 Å². The summed E-state index contributed by atoms with van der Waals surface area (Å²) >= 11 is 0. The van der Waals surface area contributed by atoms with Crippen LogP contribution in [0.15, 0.2) is 42.5 Å². The van der Waals surface area contributed by atoms with E-state index >= 15 is 0 Å². The lowest BCUT2D eigenvalue weighted by Gasteiger charge is -2.36. The van der Waals surface area contributed by atoms with E-state index in [4.69, 9.17) is 0 Å². The molecule has 0 bridgehead atoms. The van der Waals surface area contributed by atoms with Crippen molar-refractivity contribution >= 4 is 11.6 Å². The molecule has 120 valence electrons. The first kappa shape index (κ1) is 15.4. The van der Waals surface area contributed by atoms with Crippen LogP contribution >= 0.6 is 0 Å². The molecule has 0 spiro atoms. The summed E-state index contributed by atoms with van der Waals surface area (Å²) in [5, 5.41) is 9.95. The normalized spacial score (nSPS) is 14.9. The van der Waals surface area contributed by atoms with Crippen molar-refractivity contribution < 1.29 is 9.90 Å². The van der Waals surface area contributed by atoms with E-state index in [2.05, 4.69) is 11.8 Å². The summed E-state index contributed by atoms with van der Waals surface area (Å²) in [6, 6.07) is 13.2. The third kappa shape index (κ3) is 3.16. The predicted molar refractivity (Wildman–Crippen MR) is 92.1 cm³/mol. The van der Waals surface area contributed by atoms with E-state index in [0.29, 0.717) is 18.8 Å². The lowest BCUT2D eigenvalue weighted by molar-refractivity contribution is 0.0746. The molecule has 0 unspecified atom stereocenters. The minimum absolute atomic E-state index is 0.0880. The zero-order chi connectivity index (χ0) is 16.4. The van der Waals surface area contributed by atoms with Crippen LogP contribution in [0.4, 0.5) is 5.69 Å². The molecule has 23 heavy (non-hydrogen) atoms. The van der Waals surface area contributed by atoms with E-state index in [1.807, 2.05) is 48.2 Å². The van der Waals surface area contributed by atoms with Crippen molar-refractivity contribution in [2.45, 2.75) is 13.8 Å². The predicted octanol–water partition coefficient (Wildman–Crippen LogP) is 2.97. The van der Waals surface area contributed by atoms with Crippen LogP contribution in [0.5, 0.6) is 5.75 Å². The molecular weight excluding hydrogens is 288 g/mol. The van der Waals surface area contributed by atoms with Crippen LogP contribution in [0.3, 0.4) is 0 Å². The Bertz CT molecular complexity index is 719. The van der Waals surface area contributed by atoms with Gasteiger partial charge in [-0.3, -0.25) is 4.79 Å². The van der Waals surface area contributed by atoms with Crippen LogP contribution in [0.1, 0.15) is 21.5 Å². The number of aryl methyl sites for hydroxylation is 2. The quantitative estimate of drug-likeness (QED) is 0.927. The summed E-state index contributed by atoms with van der Waals surface area (Å²) in [4.78, 5) is 16.6. The molecule has 1 heterocycles. The van der Waals surface area contributed by atoms with Crippen molar-refractivity contribution in [3.8, 4) is 5.75 Å². The summed E-state index contributed by atoms with van der Waals surface area (Å²) in [6.45, 7) is 6.87. The van der Waals surface area contributed by atoms with Crippen LogP contribution in [0.2, 0.25) is 0 Å². The van der Waals surface area contributed by atoms with Crippen molar-refractivity contribution in [1.82, 2.24) is 4.90 Å². The van der Waals surface area contributed by atoms with E-state index in [9.17, 15) is 9.90 Å². The topological polar surface area (TPSA) is 43.8 Å². The first-order valence-electron chi connectivity index (χ1n) is 7.96. The van der Waals surface area contributed by atoms with Gasteiger partial charge in [0.2, 0.25) is 0 Å². The van der Waals surface area contributed by atoms with Crippen molar-refractivity contribution in [3.63, 3.8) is 0 Å². The maximum atomic E-state index is 12.6. The van der Waals surface area contributed by atoms with Gasteiger partial charge in [0.15, 0.2) is 0 Å². The van der Waals surface area contributed by atoms with Gasteiger partial charge in [0.05, 0.1) is 5.69 Å². The Kier molecular flexibility index (Phi) is 4.24. The van der Waals surface area contributed by atoms with Crippen LogP contribution in [-0.4, -0.2) is 42.1 Å². The molecule has 0 aromatic heterocycles. The Hall–Kier alpha value is -2.49. The summed E-state index contributed by atoms with van der Waals surface area (Å²) in [5.74, 6) is 0.381. The van der Waals surface area contributed by atoms with Crippen LogP contribution in [0, 0.1) is 13.8 Å². The van der Waals surface area contributed by atoms with Gasteiger partial charge in [-0.15, -0.1) is 0 Å². The summed E-state index contributed by atoms with van der Waals surface area (Å²) in [7, 11) is 0. The van der Waals surface area contributed by atoms with E-state index in [-0.39, 0.29) is 5.91 Å². The average molecular weight is 310 g/mol. The Morgan fingerprint density at radius 3 is 2.30 bits per heavy atom. The molecule has 2 aromatic rings. The van der Waals surface area contributed by atoms with E-state index in [1.165, 1.54) is 5.56 Å². The minimum atomic E-state index is 0.0880. The number of hydrogen-bond donors (Lipinski definition) is 1. The molecule has 1 aliphatic rings. The average Bonchev–Trinajstić information content (AvgIpc) is 2.57. The first-order valence-corrected chi connectivity index (χ1v) is 7.96. The molecule has 4 nitrogen and oxygen atoms in total. The molecule has 1 N–H and O–H groups in total. The molecule has 3 rings (SSSR count). The third-order valence-electron chi connectivity index (χ3n) is 4.54. The highest BCUT2D eigenvalue weighted by Gasteiger charge is 2.23. The van der Waals surface area contributed by atoms with E-state index < -0.39 is 0 Å². The van der Waals surface area contributed by atoms with Crippen LogP contribution < -0.4 is 4.90 Å². The molecule has 0 radical (unpaired) electrons. The van der Waals surface area contributed by atoms with Gasteiger partial charge in [-0.05, 0) is 49.2 Å². The largest absolute Gasteiger partial charge is 0.506 e. The Morgan fingerprint density at radius 2 is 1.65 bits per heavy atom. The number of hydrogen-bond acceptors (Lipinski definition) is 3. The smallest absolute Gasteiger partial charge is 0.253 e. The van der Waals surface area contributed by atoms with E-state index in [1.54, 1.807) is 6.07 Å². The zero-order valence-electron chi connectivity index (χ0n) is 13.6. The molecule has 1 amide bonds. The molecule has 2 aromatic carbocycles. The second-order valence-corrected chi connectivity index (χ2v) is 6.07. The maximum Gasteiger partial charge on any atom is 0.253 e. The second kappa shape index (κ2) is 6.32.